The Labute approximate surface area is 94.9 Å². The van der Waals surface area contributed by atoms with Crippen molar-refractivity contribution in [1.82, 2.24) is 15.0 Å². The molecule has 0 saturated carbocycles. The molecule has 0 amide bonds. The molecule has 0 saturated heterocycles. The first kappa shape index (κ1) is 10.8. The van der Waals surface area contributed by atoms with Crippen molar-refractivity contribution >= 4 is 16.9 Å². The lowest BCUT2D eigenvalue weighted by atomic mass is 10.2. The number of aryl methyl sites for hydroxylation is 1. The predicted octanol–water partition coefficient (Wildman–Crippen LogP) is 2.34. The number of anilines is 1. The van der Waals surface area contributed by atoms with Gasteiger partial charge < -0.3 is 5.73 Å². The predicted molar refractivity (Wildman–Crippen MR) is 65.0 cm³/mol. The van der Waals surface area contributed by atoms with Gasteiger partial charge in [0.15, 0.2) is 5.65 Å². The highest BCUT2D eigenvalue weighted by Crippen LogP contribution is 2.11. The molecule has 0 atom stereocenters. The summed E-state index contributed by atoms with van der Waals surface area (Å²) in [5, 5.41) is 0.938. The van der Waals surface area contributed by atoms with Crippen LogP contribution in [0.15, 0.2) is 18.3 Å². The minimum absolute atomic E-state index is 0.505. The van der Waals surface area contributed by atoms with Gasteiger partial charge in [0.05, 0.1) is 0 Å². The van der Waals surface area contributed by atoms with Crippen molar-refractivity contribution in [2.75, 3.05) is 5.73 Å². The van der Waals surface area contributed by atoms with E-state index in [0.717, 1.165) is 24.1 Å². The smallest absolute Gasteiger partial charge is 0.165 e. The second kappa shape index (κ2) is 4.88. The Kier molecular flexibility index (Phi) is 3.29. The molecule has 4 nitrogen and oxygen atoms in total. The number of hydrogen-bond acceptors (Lipinski definition) is 4. The number of fused-ring (bicyclic) bond motifs is 1. The van der Waals surface area contributed by atoms with Gasteiger partial charge in [0, 0.05) is 18.0 Å². The van der Waals surface area contributed by atoms with Crippen LogP contribution in [0.2, 0.25) is 0 Å². The van der Waals surface area contributed by atoms with Crippen LogP contribution in [0.5, 0.6) is 0 Å². The third-order valence-corrected chi connectivity index (χ3v) is 2.52. The molecular weight excluding hydrogens is 200 g/mol. The number of nitrogens with two attached hydrogens (primary N) is 1. The molecule has 0 aromatic carbocycles. The van der Waals surface area contributed by atoms with E-state index >= 15 is 0 Å². The first-order chi connectivity index (χ1) is 7.79. The zero-order chi connectivity index (χ0) is 11.4. The molecule has 16 heavy (non-hydrogen) atoms. The average molecular weight is 216 g/mol. The van der Waals surface area contributed by atoms with E-state index in [-0.39, 0.29) is 0 Å². The summed E-state index contributed by atoms with van der Waals surface area (Å²) in [6, 6.07) is 3.66. The highest BCUT2D eigenvalue weighted by Gasteiger charge is 2.01. The summed E-state index contributed by atoms with van der Waals surface area (Å²) in [6.07, 6.45) is 6.28. The molecule has 2 heterocycles. The Morgan fingerprint density at radius 3 is 2.88 bits per heavy atom. The van der Waals surface area contributed by atoms with Gasteiger partial charge in [0.25, 0.3) is 0 Å². The van der Waals surface area contributed by atoms with Gasteiger partial charge in [-0.15, -0.1) is 0 Å². The molecule has 2 aromatic heterocycles. The van der Waals surface area contributed by atoms with Gasteiger partial charge in [-0.3, -0.25) is 0 Å². The molecule has 2 N–H and O–H groups in total. The fourth-order valence-electron chi connectivity index (χ4n) is 1.61. The molecule has 0 bridgehead atoms. The van der Waals surface area contributed by atoms with Crippen LogP contribution >= 0.6 is 0 Å². The lowest BCUT2D eigenvalue weighted by Gasteiger charge is -2.01. The van der Waals surface area contributed by atoms with Crippen molar-refractivity contribution in [3.8, 4) is 0 Å². The number of hydrogen-bond donors (Lipinski definition) is 1. The number of nitrogens with zero attached hydrogens (tertiary/aromatic N) is 3. The van der Waals surface area contributed by atoms with E-state index in [1.54, 1.807) is 6.07 Å². The molecule has 0 unspecified atom stereocenters. The number of pyridine rings is 1. The summed E-state index contributed by atoms with van der Waals surface area (Å²) in [6.45, 7) is 2.18. The van der Waals surface area contributed by atoms with Crippen molar-refractivity contribution in [2.24, 2.45) is 0 Å². The average Bonchev–Trinajstić information content (AvgIpc) is 2.29. The Morgan fingerprint density at radius 1 is 1.19 bits per heavy atom. The highest BCUT2D eigenvalue weighted by molar-refractivity contribution is 5.75. The SMILES string of the molecule is CCCCCc1ncc2ccc(N)nc2n1. The molecule has 0 fully saturated rings. The largest absolute Gasteiger partial charge is 0.384 e. The first-order valence-electron chi connectivity index (χ1n) is 5.67. The lowest BCUT2D eigenvalue weighted by Crippen LogP contribution is -1.98. The summed E-state index contributed by atoms with van der Waals surface area (Å²) < 4.78 is 0. The maximum absolute atomic E-state index is 5.62. The molecule has 2 rings (SSSR count). The third kappa shape index (κ3) is 2.45. The van der Waals surface area contributed by atoms with Gasteiger partial charge in [0.2, 0.25) is 0 Å². The quantitative estimate of drug-likeness (QED) is 0.797. The van der Waals surface area contributed by atoms with Crippen LogP contribution in [0.1, 0.15) is 32.0 Å². The van der Waals surface area contributed by atoms with E-state index in [1.165, 1.54) is 12.8 Å². The molecule has 84 valence electrons. The van der Waals surface area contributed by atoms with Crippen LogP contribution in [-0.4, -0.2) is 15.0 Å². The Bertz CT molecular complexity index is 481. The summed E-state index contributed by atoms with van der Waals surface area (Å²) in [7, 11) is 0. The lowest BCUT2D eigenvalue weighted by molar-refractivity contribution is 0.695. The van der Waals surface area contributed by atoms with Gasteiger partial charge >= 0.3 is 0 Å². The van der Waals surface area contributed by atoms with Crippen molar-refractivity contribution in [3.05, 3.63) is 24.2 Å². The minimum Gasteiger partial charge on any atom is -0.384 e. The van der Waals surface area contributed by atoms with Crippen LogP contribution < -0.4 is 5.73 Å². The second-order valence-electron chi connectivity index (χ2n) is 3.89. The Balaban J connectivity index is 2.21. The van der Waals surface area contributed by atoms with Crippen LogP contribution in [0.4, 0.5) is 5.82 Å². The Hall–Kier alpha value is -1.71. The summed E-state index contributed by atoms with van der Waals surface area (Å²) >= 11 is 0. The second-order valence-corrected chi connectivity index (χ2v) is 3.89. The monoisotopic (exact) mass is 216 g/mol. The van der Waals surface area contributed by atoms with E-state index in [4.69, 9.17) is 5.73 Å². The fourth-order valence-corrected chi connectivity index (χ4v) is 1.61. The topological polar surface area (TPSA) is 64.7 Å². The number of unbranched alkanes of at least 4 members (excludes halogenated alkanes) is 2. The standard InChI is InChI=1S/C12H16N4/c1-2-3-4-5-11-14-8-9-6-7-10(13)15-12(9)16-11/h6-8H,2-5H2,1H3,(H2,13,14,15,16). The number of rotatable bonds is 4. The van der Waals surface area contributed by atoms with Crippen LogP contribution in [0.25, 0.3) is 11.0 Å². The molecule has 4 heteroatoms. The van der Waals surface area contributed by atoms with E-state index in [9.17, 15) is 0 Å². The molecule has 0 aliphatic heterocycles. The van der Waals surface area contributed by atoms with Gasteiger partial charge in [-0.05, 0) is 18.6 Å². The van der Waals surface area contributed by atoms with E-state index in [2.05, 4.69) is 21.9 Å². The van der Waals surface area contributed by atoms with Crippen molar-refractivity contribution in [3.63, 3.8) is 0 Å². The normalized spacial score (nSPS) is 10.8. The fraction of sp³-hybridized carbons (Fsp3) is 0.417. The van der Waals surface area contributed by atoms with Gasteiger partial charge in [-0.2, -0.15) is 0 Å². The van der Waals surface area contributed by atoms with Crippen molar-refractivity contribution < 1.29 is 0 Å². The third-order valence-electron chi connectivity index (χ3n) is 2.52. The first-order valence-corrected chi connectivity index (χ1v) is 5.67. The molecular formula is C12H16N4. The number of aromatic nitrogens is 3. The van der Waals surface area contributed by atoms with Crippen LogP contribution in [0, 0.1) is 0 Å². The zero-order valence-electron chi connectivity index (χ0n) is 9.48. The highest BCUT2D eigenvalue weighted by atomic mass is 15.0. The van der Waals surface area contributed by atoms with E-state index in [0.29, 0.717) is 11.5 Å². The van der Waals surface area contributed by atoms with Gasteiger partial charge in [-0.25, -0.2) is 15.0 Å². The molecule has 2 aromatic rings. The number of nitrogen functional groups attached to an aromatic ring is 1. The van der Waals surface area contributed by atoms with E-state index in [1.807, 2.05) is 12.3 Å². The molecule has 0 aliphatic rings. The summed E-state index contributed by atoms with van der Waals surface area (Å²) in [5.74, 6) is 1.37. The molecule has 0 radical (unpaired) electrons. The zero-order valence-corrected chi connectivity index (χ0v) is 9.48. The maximum Gasteiger partial charge on any atom is 0.165 e. The van der Waals surface area contributed by atoms with Crippen molar-refractivity contribution in [2.45, 2.75) is 32.6 Å². The summed E-state index contributed by atoms with van der Waals surface area (Å²) in [5.41, 5.74) is 6.32. The maximum atomic E-state index is 5.62. The van der Waals surface area contributed by atoms with E-state index < -0.39 is 0 Å². The van der Waals surface area contributed by atoms with Gasteiger partial charge in [-0.1, -0.05) is 19.8 Å². The van der Waals surface area contributed by atoms with Crippen LogP contribution in [-0.2, 0) is 6.42 Å². The Morgan fingerprint density at radius 2 is 2.06 bits per heavy atom. The van der Waals surface area contributed by atoms with Crippen molar-refractivity contribution in [1.29, 1.82) is 0 Å². The summed E-state index contributed by atoms with van der Waals surface area (Å²) in [4.78, 5) is 12.9. The minimum atomic E-state index is 0.505. The molecule has 0 spiro atoms. The van der Waals surface area contributed by atoms with Crippen LogP contribution in [0.3, 0.4) is 0 Å². The molecule has 0 aliphatic carbocycles. The van der Waals surface area contributed by atoms with Gasteiger partial charge in [0.1, 0.15) is 11.6 Å².